The van der Waals surface area contributed by atoms with Crippen molar-refractivity contribution in [3.05, 3.63) is 56.1 Å². The number of benzene rings is 2. The number of rotatable bonds is 5. The molecule has 0 radical (unpaired) electrons. The maximum atomic E-state index is 10.9. The lowest BCUT2D eigenvalue weighted by molar-refractivity contribution is -0.385. The number of ether oxygens (including phenoxy) is 2. The number of halogens is 1. The van der Waals surface area contributed by atoms with Crippen molar-refractivity contribution in [2.75, 3.05) is 6.61 Å². The standard InChI is InChI=1S/C14H12INO4/c1-2-19-14-9-12(6-7-13(14)16(17)18)20-11-5-3-4-10(15)8-11/h3-9H,2H2,1H3. The van der Waals surface area contributed by atoms with Crippen molar-refractivity contribution in [1.29, 1.82) is 0 Å². The molecule has 2 aromatic rings. The van der Waals surface area contributed by atoms with E-state index in [1.807, 2.05) is 24.3 Å². The molecule has 0 aliphatic heterocycles. The van der Waals surface area contributed by atoms with E-state index in [4.69, 9.17) is 9.47 Å². The summed E-state index contributed by atoms with van der Waals surface area (Å²) in [6, 6.07) is 12.0. The minimum absolute atomic E-state index is 0.0677. The fourth-order valence-corrected chi connectivity index (χ4v) is 2.16. The molecule has 0 spiro atoms. The molecule has 0 aliphatic carbocycles. The fourth-order valence-electron chi connectivity index (χ4n) is 1.65. The Balaban J connectivity index is 2.29. The van der Waals surface area contributed by atoms with E-state index in [1.54, 1.807) is 13.0 Å². The van der Waals surface area contributed by atoms with E-state index in [9.17, 15) is 10.1 Å². The van der Waals surface area contributed by atoms with E-state index < -0.39 is 4.92 Å². The molecular weight excluding hydrogens is 373 g/mol. The number of hydrogen-bond donors (Lipinski definition) is 0. The molecule has 0 saturated heterocycles. The van der Waals surface area contributed by atoms with Crippen molar-refractivity contribution in [2.24, 2.45) is 0 Å². The van der Waals surface area contributed by atoms with Crippen LogP contribution in [0.5, 0.6) is 17.2 Å². The molecule has 0 heterocycles. The van der Waals surface area contributed by atoms with Gasteiger partial charge in [0, 0.05) is 15.7 Å². The smallest absolute Gasteiger partial charge is 0.311 e. The van der Waals surface area contributed by atoms with Gasteiger partial charge < -0.3 is 9.47 Å². The molecule has 0 aliphatic rings. The maximum absolute atomic E-state index is 10.9. The van der Waals surface area contributed by atoms with Crippen LogP contribution in [0, 0.1) is 13.7 Å². The number of hydrogen-bond acceptors (Lipinski definition) is 4. The molecule has 0 atom stereocenters. The Labute approximate surface area is 129 Å². The summed E-state index contributed by atoms with van der Waals surface area (Å²) >= 11 is 2.19. The monoisotopic (exact) mass is 385 g/mol. The number of nitro groups is 1. The lowest BCUT2D eigenvalue weighted by Gasteiger charge is -2.09. The molecule has 0 N–H and O–H groups in total. The highest BCUT2D eigenvalue weighted by Crippen LogP contribution is 2.33. The minimum Gasteiger partial charge on any atom is -0.487 e. The highest BCUT2D eigenvalue weighted by molar-refractivity contribution is 14.1. The number of nitrogens with zero attached hydrogens (tertiary/aromatic N) is 1. The van der Waals surface area contributed by atoms with Crippen LogP contribution in [0.1, 0.15) is 6.92 Å². The summed E-state index contributed by atoms with van der Waals surface area (Å²) in [6.45, 7) is 2.13. The van der Waals surface area contributed by atoms with Crippen LogP contribution in [0.25, 0.3) is 0 Å². The van der Waals surface area contributed by atoms with E-state index >= 15 is 0 Å². The van der Waals surface area contributed by atoms with Gasteiger partial charge in [0.05, 0.1) is 11.5 Å². The second kappa shape index (κ2) is 6.56. The van der Waals surface area contributed by atoms with E-state index in [2.05, 4.69) is 22.6 Å². The molecule has 0 saturated carbocycles. The Morgan fingerprint density at radius 2 is 1.95 bits per heavy atom. The topological polar surface area (TPSA) is 61.6 Å². The predicted molar refractivity (Wildman–Crippen MR) is 83.5 cm³/mol. The molecule has 2 aromatic carbocycles. The molecule has 0 aromatic heterocycles. The Morgan fingerprint density at radius 3 is 2.60 bits per heavy atom. The first-order chi connectivity index (χ1) is 9.60. The van der Waals surface area contributed by atoms with Crippen LogP contribution in [0.4, 0.5) is 5.69 Å². The Bertz CT molecular complexity index is 630. The summed E-state index contributed by atoms with van der Waals surface area (Å²) in [5.74, 6) is 1.38. The third kappa shape index (κ3) is 3.60. The first-order valence-corrected chi connectivity index (χ1v) is 7.02. The van der Waals surface area contributed by atoms with Gasteiger partial charge in [-0.25, -0.2) is 0 Å². The van der Waals surface area contributed by atoms with Gasteiger partial charge in [-0.15, -0.1) is 0 Å². The summed E-state index contributed by atoms with van der Waals surface area (Å²) < 4.78 is 12.0. The van der Waals surface area contributed by atoms with Crippen molar-refractivity contribution >= 4 is 28.3 Å². The fraction of sp³-hybridized carbons (Fsp3) is 0.143. The minimum atomic E-state index is -0.472. The van der Waals surface area contributed by atoms with E-state index in [-0.39, 0.29) is 11.4 Å². The Kier molecular flexibility index (Phi) is 4.78. The van der Waals surface area contributed by atoms with Crippen molar-refractivity contribution in [2.45, 2.75) is 6.92 Å². The lowest BCUT2D eigenvalue weighted by Crippen LogP contribution is -1.98. The summed E-state index contributed by atoms with van der Waals surface area (Å²) in [4.78, 5) is 10.4. The van der Waals surface area contributed by atoms with Crippen LogP contribution in [0.3, 0.4) is 0 Å². The zero-order valence-electron chi connectivity index (χ0n) is 10.7. The quantitative estimate of drug-likeness (QED) is 0.435. The normalized spacial score (nSPS) is 10.1. The van der Waals surface area contributed by atoms with Gasteiger partial charge in [0.1, 0.15) is 11.5 Å². The molecular formula is C14H12INO4. The summed E-state index contributed by atoms with van der Waals surface area (Å²) in [5.41, 5.74) is -0.0677. The molecule has 0 fully saturated rings. The van der Waals surface area contributed by atoms with Crippen LogP contribution in [-0.4, -0.2) is 11.5 Å². The zero-order valence-corrected chi connectivity index (χ0v) is 12.9. The van der Waals surface area contributed by atoms with E-state index in [0.717, 1.165) is 3.57 Å². The molecule has 0 unspecified atom stereocenters. The lowest BCUT2D eigenvalue weighted by atomic mass is 10.2. The van der Waals surface area contributed by atoms with Gasteiger partial charge in [-0.3, -0.25) is 10.1 Å². The predicted octanol–water partition coefficient (Wildman–Crippen LogP) is 4.39. The summed E-state index contributed by atoms with van der Waals surface area (Å²) in [7, 11) is 0. The van der Waals surface area contributed by atoms with Gasteiger partial charge in [0.2, 0.25) is 5.75 Å². The largest absolute Gasteiger partial charge is 0.487 e. The molecule has 104 valence electrons. The number of nitro benzene ring substituents is 1. The van der Waals surface area contributed by atoms with Gasteiger partial charge in [0.25, 0.3) is 0 Å². The SMILES string of the molecule is CCOc1cc(Oc2cccc(I)c2)ccc1[N+](=O)[O-]. The average Bonchev–Trinajstić information content (AvgIpc) is 2.39. The van der Waals surface area contributed by atoms with Gasteiger partial charge in [-0.1, -0.05) is 6.07 Å². The van der Waals surface area contributed by atoms with Crippen LogP contribution in [0.2, 0.25) is 0 Å². The first kappa shape index (κ1) is 14.6. The molecule has 0 amide bonds. The van der Waals surface area contributed by atoms with Crippen LogP contribution < -0.4 is 9.47 Å². The zero-order chi connectivity index (χ0) is 14.5. The third-order valence-electron chi connectivity index (χ3n) is 2.46. The van der Waals surface area contributed by atoms with Crippen molar-refractivity contribution in [1.82, 2.24) is 0 Å². The third-order valence-corrected chi connectivity index (χ3v) is 3.13. The molecule has 5 nitrogen and oxygen atoms in total. The van der Waals surface area contributed by atoms with E-state index in [1.165, 1.54) is 12.1 Å². The summed E-state index contributed by atoms with van der Waals surface area (Å²) in [6.07, 6.45) is 0. The Morgan fingerprint density at radius 1 is 1.20 bits per heavy atom. The molecule has 20 heavy (non-hydrogen) atoms. The van der Waals surface area contributed by atoms with Gasteiger partial charge in [-0.05, 0) is 53.8 Å². The maximum Gasteiger partial charge on any atom is 0.311 e. The van der Waals surface area contributed by atoms with Crippen molar-refractivity contribution < 1.29 is 14.4 Å². The van der Waals surface area contributed by atoms with Gasteiger partial charge in [0.15, 0.2) is 0 Å². The molecule has 0 bridgehead atoms. The van der Waals surface area contributed by atoms with Crippen LogP contribution in [-0.2, 0) is 0 Å². The van der Waals surface area contributed by atoms with Crippen molar-refractivity contribution in [3.63, 3.8) is 0 Å². The molecule has 6 heteroatoms. The van der Waals surface area contributed by atoms with Gasteiger partial charge in [-0.2, -0.15) is 0 Å². The Hall–Kier alpha value is -1.83. The van der Waals surface area contributed by atoms with E-state index in [0.29, 0.717) is 18.1 Å². The highest BCUT2D eigenvalue weighted by atomic mass is 127. The first-order valence-electron chi connectivity index (χ1n) is 5.95. The summed E-state index contributed by atoms with van der Waals surface area (Å²) in [5, 5.41) is 10.9. The second-order valence-corrected chi connectivity index (χ2v) is 5.12. The van der Waals surface area contributed by atoms with Gasteiger partial charge >= 0.3 is 5.69 Å². The highest BCUT2D eigenvalue weighted by Gasteiger charge is 2.16. The van der Waals surface area contributed by atoms with Crippen molar-refractivity contribution in [3.8, 4) is 17.2 Å². The average molecular weight is 385 g/mol. The second-order valence-electron chi connectivity index (χ2n) is 3.88. The van der Waals surface area contributed by atoms with Crippen LogP contribution in [0.15, 0.2) is 42.5 Å². The molecule has 2 rings (SSSR count). The van der Waals surface area contributed by atoms with Crippen LogP contribution >= 0.6 is 22.6 Å².